The molecule has 1 unspecified atom stereocenters. The fraction of sp³-hybridized carbons (Fsp3) is 0.346. The van der Waals surface area contributed by atoms with Crippen LogP contribution in [0.1, 0.15) is 42.5 Å². The molecule has 1 aliphatic rings. The van der Waals surface area contributed by atoms with E-state index in [9.17, 15) is 18.0 Å². The number of carbonyl (C=O) groups excluding carboxylic acids is 1. The highest BCUT2D eigenvalue weighted by Gasteiger charge is 2.33. The van der Waals surface area contributed by atoms with Crippen LogP contribution >= 0.6 is 0 Å². The van der Waals surface area contributed by atoms with Gasteiger partial charge in [0, 0.05) is 18.6 Å². The number of rotatable bonds is 6. The van der Waals surface area contributed by atoms with Gasteiger partial charge in [0.1, 0.15) is 17.1 Å². The van der Waals surface area contributed by atoms with Crippen molar-refractivity contribution in [1.29, 1.82) is 0 Å². The first kappa shape index (κ1) is 24.8. The molecule has 1 atom stereocenters. The minimum absolute atomic E-state index is 0.105. The molecule has 0 aliphatic carbocycles. The molecule has 1 heterocycles. The number of ether oxygens (including phenoxy) is 2. The first-order valence-electron chi connectivity index (χ1n) is 10.4. The van der Waals surface area contributed by atoms with Gasteiger partial charge in [-0.25, -0.2) is 4.79 Å². The van der Waals surface area contributed by atoms with E-state index in [1.54, 1.807) is 13.8 Å². The Hall–Kier alpha value is -2.85. The van der Waals surface area contributed by atoms with Crippen LogP contribution in [0.25, 0.3) is 0 Å². The SMILES string of the molecule is C#CC1=CCC[S+]1c1cc(C)c(OCC(=O)OC(C)(C)c2ccc(C(F)(F)F)cc2)c(C)c1. The van der Waals surface area contributed by atoms with E-state index < -0.39 is 23.3 Å². The molecule has 0 fully saturated rings. The number of esters is 1. The zero-order valence-electron chi connectivity index (χ0n) is 19.0. The Balaban J connectivity index is 1.66. The third-order valence-electron chi connectivity index (χ3n) is 5.39. The monoisotopic (exact) mass is 475 g/mol. The van der Waals surface area contributed by atoms with Crippen LogP contribution in [0.5, 0.6) is 5.75 Å². The molecule has 3 rings (SSSR count). The molecule has 0 spiro atoms. The highest BCUT2D eigenvalue weighted by molar-refractivity contribution is 8.01. The maximum Gasteiger partial charge on any atom is 0.416 e. The van der Waals surface area contributed by atoms with E-state index in [1.165, 1.54) is 12.1 Å². The van der Waals surface area contributed by atoms with Gasteiger partial charge in [-0.2, -0.15) is 13.2 Å². The number of carbonyl (C=O) groups is 1. The van der Waals surface area contributed by atoms with Gasteiger partial charge in [-0.15, -0.1) is 6.42 Å². The second kappa shape index (κ2) is 9.56. The summed E-state index contributed by atoms with van der Waals surface area (Å²) in [7, 11) is -0.105. The Morgan fingerprint density at radius 1 is 1.09 bits per heavy atom. The fourth-order valence-electron chi connectivity index (χ4n) is 3.74. The maximum atomic E-state index is 12.8. The van der Waals surface area contributed by atoms with Crippen molar-refractivity contribution in [3.63, 3.8) is 0 Å². The van der Waals surface area contributed by atoms with Gasteiger partial charge < -0.3 is 9.47 Å². The number of aryl methyl sites for hydroxylation is 2. The van der Waals surface area contributed by atoms with Crippen molar-refractivity contribution in [2.45, 2.75) is 50.8 Å². The fourth-order valence-corrected chi connectivity index (χ4v) is 5.90. The molecule has 0 N–H and O–H groups in total. The van der Waals surface area contributed by atoms with Crippen molar-refractivity contribution in [2.75, 3.05) is 12.4 Å². The molecule has 0 saturated carbocycles. The van der Waals surface area contributed by atoms with E-state index in [0.29, 0.717) is 11.3 Å². The Kier molecular flexibility index (Phi) is 7.18. The average Bonchev–Trinajstić information content (AvgIpc) is 3.21. The van der Waals surface area contributed by atoms with Crippen molar-refractivity contribution in [3.05, 3.63) is 69.6 Å². The number of benzene rings is 2. The normalized spacial score (nSPS) is 16.2. The third-order valence-corrected chi connectivity index (χ3v) is 7.65. The van der Waals surface area contributed by atoms with Crippen LogP contribution < -0.4 is 4.74 Å². The number of hydrogen-bond donors (Lipinski definition) is 0. The zero-order valence-corrected chi connectivity index (χ0v) is 19.8. The molecule has 2 aromatic carbocycles. The number of allylic oxidation sites excluding steroid dienone is 2. The second-order valence-corrected chi connectivity index (χ2v) is 10.4. The number of hydrogen-bond acceptors (Lipinski definition) is 3. The molecule has 7 heteroatoms. The predicted octanol–water partition coefficient (Wildman–Crippen LogP) is 6.08. The molecular weight excluding hydrogens is 449 g/mol. The van der Waals surface area contributed by atoms with Crippen molar-refractivity contribution in [3.8, 4) is 18.1 Å². The van der Waals surface area contributed by atoms with Crippen molar-refractivity contribution < 1.29 is 27.4 Å². The van der Waals surface area contributed by atoms with Crippen LogP contribution in [0.2, 0.25) is 0 Å². The van der Waals surface area contributed by atoms with Crippen LogP contribution in [0.15, 0.2) is 52.3 Å². The van der Waals surface area contributed by atoms with Crippen LogP contribution in [0.4, 0.5) is 13.2 Å². The molecule has 0 saturated heterocycles. The molecule has 3 nitrogen and oxygen atoms in total. The summed E-state index contributed by atoms with van der Waals surface area (Å²) in [5.74, 6) is 3.78. The molecule has 2 aromatic rings. The molecule has 174 valence electrons. The Bertz CT molecular complexity index is 1090. The third kappa shape index (κ3) is 5.75. The van der Waals surface area contributed by atoms with Crippen molar-refractivity contribution >= 4 is 16.9 Å². The van der Waals surface area contributed by atoms with Crippen molar-refractivity contribution in [1.82, 2.24) is 0 Å². The van der Waals surface area contributed by atoms with Gasteiger partial charge >= 0.3 is 12.1 Å². The van der Waals surface area contributed by atoms with E-state index in [-0.39, 0.29) is 17.5 Å². The van der Waals surface area contributed by atoms with Crippen molar-refractivity contribution in [2.24, 2.45) is 0 Å². The lowest BCUT2D eigenvalue weighted by molar-refractivity contribution is -0.160. The van der Waals surface area contributed by atoms with Gasteiger partial charge in [0.05, 0.1) is 16.5 Å². The van der Waals surface area contributed by atoms with E-state index in [2.05, 4.69) is 12.0 Å². The Morgan fingerprint density at radius 2 is 1.67 bits per heavy atom. The van der Waals surface area contributed by atoms with Gasteiger partial charge in [0.2, 0.25) is 4.91 Å². The maximum absolute atomic E-state index is 12.8. The van der Waals surface area contributed by atoms with E-state index in [1.807, 2.05) is 26.0 Å². The summed E-state index contributed by atoms with van der Waals surface area (Å²) < 4.78 is 49.7. The standard InChI is InChI=1S/C26H26F3O3S/c1-6-21-8-7-13-33(21)22-14-17(2)24(18(3)15-22)31-16-23(30)32-25(4,5)19-9-11-20(12-10-19)26(27,28)29/h1,8-12,14-15H,7,13,16H2,2-5H3/q+1. The van der Waals surface area contributed by atoms with Crippen LogP contribution in [0, 0.1) is 26.2 Å². The summed E-state index contributed by atoms with van der Waals surface area (Å²) >= 11 is 0. The summed E-state index contributed by atoms with van der Waals surface area (Å²) in [5.41, 5.74) is 0.385. The zero-order chi connectivity index (χ0) is 24.4. The molecule has 1 aliphatic heterocycles. The molecule has 0 radical (unpaired) electrons. The first-order chi connectivity index (χ1) is 15.4. The lowest BCUT2D eigenvalue weighted by Gasteiger charge is -2.26. The Labute approximate surface area is 195 Å². The summed E-state index contributed by atoms with van der Waals surface area (Å²) in [6, 6.07) is 8.65. The minimum Gasteiger partial charge on any atom is -0.481 e. The lowest BCUT2D eigenvalue weighted by Crippen LogP contribution is -2.29. The molecule has 0 bridgehead atoms. The predicted molar refractivity (Wildman–Crippen MR) is 124 cm³/mol. The molecule has 0 amide bonds. The largest absolute Gasteiger partial charge is 0.481 e. The lowest BCUT2D eigenvalue weighted by atomic mass is 9.97. The second-order valence-electron chi connectivity index (χ2n) is 8.33. The summed E-state index contributed by atoms with van der Waals surface area (Å²) in [5, 5.41) is 0. The van der Waals surface area contributed by atoms with Gasteiger partial charge in [-0.3, -0.25) is 0 Å². The summed E-state index contributed by atoms with van der Waals surface area (Å²) in [6.07, 6.45) is 4.28. The number of terminal acetylenes is 1. The summed E-state index contributed by atoms with van der Waals surface area (Å²) in [4.78, 5) is 14.6. The smallest absolute Gasteiger partial charge is 0.416 e. The molecule has 33 heavy (non-hydrogen) atoms. The minimum atomic E-state index is -4.42. The topological polar surface area (TPSA) is 35.5 Å². The first-order valence-corrected chi connectivity index (χ1v) is 11.8. The number of alkyl halides is 3. The van der Waals surface area contributed by atoms with Gasteiger partial charge in [-0.05, 0) is 68.5 Å². The van der Waals surface area contributed by atoms with Gasteiger partial charge in [0.15, 0.2) is 11.5 Å². The quantitative estimate of drug-likeness (QED) is 0.289. The van der Waals surface area contributed by atoms with Gasteiger partial charge in [-0.1, -0.05) is 12.1 Å². The van der Waals surface area contributed by atoms with E-state index in [4.69, 9.17) is 15.9 Å². The van der Waals surface area contributed by atoms with E-state index in [0.717, 1.165) is 45.2 Å². The van der Waals surface area contributed by atoms with Gasteiger partial charge in [0.25, 0.3) is 0 Å². The van der Waals surface area contributed by atoms with E-state index >= 15 is 0 Å². The summed E-state index contributed by atoms with van der Waals surface area (Å²) in [6.45, 7) is 6.77. The molecular formula is C26H26F3O3S+. The number of halogens is 3. The Morgan fingerprint density at radius 3 is 2.21 bits per heavy atom. The van der Waals surface area contributed by atoms with Crippen LogP contribution in [-0.2, 0) is 32.2 Å². The molecule has 0 aromatic heterocycles. The van der Waals surface area contributed by atoms with Crippen LogP contribution in [0.3, 0.4) is 0 Å². The highest BCUT2D eigenvalue weighted by Crippen LogP contribution is 2.34. The van der Waals surface area contributed by atoms with Crippen LogP contribution in [-0.4, -0.2) is 18.3 Å². The highest BCUT2D eigenvalue weighted by atomic mass is 32.2. The average molecular weight is 476 g/mol.